The molecule has 0 atom stereocenters. The summed E-state index contributed by atoms with van der Waals surface area (Å²) in [6.07, 6.45) is 2.27. The highest BCUT2D eigenvalue weighted by molar-refractivity contribution is 6.21. The Hall–Kier alpha value is -4.24. The van der Waals surface area contributed by atoms with Crippen LogP contribution in [-0.2, 0) is 16.0 Å². The normalized spacial score (nSPS) is 11.9. The van der Waals surface area contributed by atoms with Crippen molar-refractivity contribution in [2.45, 2.75) is 20.3 Å². The van der Waals surface area contributed by atoms with Crippen molar-refractivity contribution in [1.82, 2.24) is 0 Å². The van der Waals surface area contributed by atoms with E-state index in [2.05, 4.69) is 35.3 Å². The number of nitrogens with zero attached hydrogens (tertiary/aromatic N) is 1. The van der Waals surface area contributed by atoms with Crippen LogP contribution in [0.4, 0.5) is 5.69 Å². The first kappa shape index (κ1) is 26.4. The van der Waals surface area contributed by atoms with E-state index in [0.29, 0.717) is 6.42 Å². The first-order valence-electron chi connectivity index (χ1n) is 12.8. The largest absolute Gasteiger partial charge is 0.881 e. The van der Waals surface area contributed by atoms with Crippen molar-refractivity contribution in [2.24, 2.45) is 10.9 Å². The van der Waals surface area contributed by atoms with Crippen LogP contribution < -0.4 is 7.58 Å². The van der Waals surface area contributed by atoms with Crippen LogP contribution in [0, 0.1) is 5.92 Å². The van der Waals surface area contributed by atoms with Gasteiger partial charge in [0, 0.05) is 11.8 Å². The molecule has 0 bridgehead atoms. The highest BCUT2D eigenvalue weighted by Crippen LogP contribution is 2.31. The van der Waals surface area contributed by atoms with Crippen LogP contribution in [0.15, 0.2) is 108 Å². The predicted molar refractivity (Wildman–Crippen MR) is 157 cm³/mol. The van der Waals surface area contributed by atoms with Gasteiger partial charge in [0.25, 0.3) is 0 Å². The molecule has 6 heteroatoms. The maximum atomic E-state index is 11.8. The van der Waals surface area contributed by atoms with Crippen LogP contribution in [0.25, 0.3) is 21.5 Å². The zero-order valence-corrected chi connectivity index (χ0v) is 23.0. The number of para-hydroxylation sites is 3. The smallest absolute Gasteiger partial charge is 0.615 e. The minimum Gasteiger partial charge on any atom is -0.615 e. The van der Waals surface area contributed by atoms with Crippen molar-refractivity contribution in [3.8, 4) is 11.5 Å². The molecule has 0 aromatic heterocycles. The molecule has 6 rings (SSSR count). The molecule has 191 valence electrons. The second-order valence-electron chi connectivity index (χ2n) is 9.37. The van der Waals surface area contributed by atoms with Gasteiger partial charge in [0.1, 0.15) is 23.0 Å². The number of aliphatic imine (C=N–C) groups is 1. The topological polar surface area (TPSA) is 65.0 Å². The molecule has 0 saturated carbocycles. The van der Waals surface area contributed by atoms with E-state index in [9.17, 15) is 9.59 Å². The van der Waals surface area contributed by atoms with E-state index in [1.54, 1.807) is 0 Å². The summed E-state index contributed by atoms with van der Waals surface area (Å²) in [4.78, 5) is 28.1. The summed E-state index contributed by atoms with van der Waals surface area (Å²) in [5.74, 6) is 0.897. The molecule has 39 heavy (non-hydrogen) atoms. The summed E-state index contributed by atoms with van der Waals surface area (Å²) in [6, 6.07) is 34.0. The van der Waals surface area contributed by atoms with Gasteiger partial charge >= 0.3 is 15.9 Å². The van der Waals surface area contributed by atoms with Crippen molar-refractivity contribution < 1.29 is 17.2 Å². The number of carbonyl (C=O) groups excluding carboxylic acids is 2. The molecule has 0 fully saturated rings. The van der Waals surface area contributed by atoms with E-state index < -0.39 is 21.8 Å². The van der Waals surface area contributed by atoms with Crippen LogP contribution in [0.1, 0.15) is 25.0 Å². The van der Waals surface area contributed by atoms with Crippen molar-refractivity contribution in [3.05, 3.63) is 114 Å². The Morgan fingerprint density at radius 3 is 1.92 bits per heavy atom. The number of hydrogen-bond donors (Lipinski definition) is 0. The first-order chi connectivity index (χ1) is 19.0. The Balaban J connectivity index is 0.000000163. The Morgan fingerprint density at radius 2 is 1.26 bits per heavy atom. The second-order valence-corrected chi connectivity index (χ2v) is 10.0. The van der Waals surface area contributed by atoms with Gasteiger partial charge in [0.05, 0.1) is 11.7 Å². The Labute approximate surface area is 234 Å². The van der Waals surface area contributed by atoms with Crippen LogP contribution in [0.2, 0.25) is 0 Å². The maximum absolute atomic E-state index is 11.8. The number of benzene rings is 5. The molecular weight excluding hydrogens is 501 g/mol. The number of ketones is 2. The van der Waals surface area contributed by atoms with E-state index in [0.717, 1.165) is 49.9 Å². The van der Waals surface area contributed by atoms with Gasteiger partial charge < -0.3 is 7.58 Å². The third kappa shape index (κ3) is 6.09. The van der Waals surface area contributed by atoms with Gasteiger partial charge in [-0.3, -0.25) is 14.6 Å². The minimum atomic E-state index is -0.564. The van der Waals surface area contributed by atoms with Crippen molar-refractivity contribution in [1.29, 1.82) is 0 Å². The van der Waals surface area contributed by atoms with Gasteiger partial charge in [-0.15, -0.1) is 0 Å². The summed E-state index contributed by atoms with van der Waals surface area (Å²) in [6.45, 7) is 3.00. The standard InChI is InChI=1S/C20H18O2.C13H11NO2.Al/c1-13(21)19(14(2)22)12-20-17-9-5-3-7-15(17)11-16-8-4-6-10-18(16)20;15-12-7-3-1-5-10(12)9-14-11-6-2-4-8-13(11)16;/h3-11,19H,12H2,1-2H3;1-9,15-16H;/q;;+2/p-2. The molecule has 1 aliphatic heterocycles. The summed E-state index contributed by atoms with van der Waals surface area (Å²) in [7, 11) is 0. The fourth-order valence-electron chi connectivity index (χ4n) is 4.73. The third-order valence-corrected chi connectivity index (χ3v) is 7.45. The van der Waals surface area contributed by atoms with Crippen molar-refractivity contribution >= 4 is 60.9 Å². The number of fused-ring (bicyclic) bond motifs is 4. The van der Waals surface area contributed by atoms with Crippen molar-refractivity contribution in [2.75, 3.05) is 0 Å². The molecule has 1 heterocycles. The zero-order valence-electron chi connectivity index (χ0n) is 21.8. The van der Waals surface area contributed by atoms with Crippen LogP contribution in [0.5, 0.6) is 11.5 Å². The highest BCUT2D eigenvalue weighted by Gasteiger charge is 2.22. The Morgan fingerprint density at radius 1 is 0.718 bits per heavy atom. The number of rotatable bonds is 4. The van der Waals surface area contributed by atoms with Gasteiger partial charge in [-0.25, -0.2) is 0 Å². The third-order valence-electron chi connectivity index (χ3n) is 6.75. The van der Waals surface area contributed by atoms with E-state index in [1.165, 1.54) is 13.8 Å². The zero-order chi connectivity index (χ0) is 27.2. The molecule has 5 aromatic rings. The van der Waals surface area contributed by atoms with Gasteiger partial charge in [0.15, 0.2) is 0 Å². The monoisotopic (exact) mass is 528 g/mol. The molecule has 0 aliphatic carbocycles. The molecule has 0 unspecified atom stereocenters. The maximum Gasteiger partial charge on any atom is 0.881 e. The fraction of sp³-hybridized carbons (Fsp3) is 0.121. The van der Waals surface area contributed by atoms with Gasteiger partial charge in [0.2, 0.25) is 0 Å². The highest BCUT2D eigenvalue weighted by atomic mass is 27.2. The van der Waals surface area contributed by atoms with Crippen LogP contribution in [0.3, 0.4) is 0 Å². The second kappa shape index (κ2) is 12.1. The number of carbonyl (C=O) groups is 2. The van der Waals surface area contributed by atoms with Crippen molar-refractivity contribution in [3.63, 3.8) is 0 Å². The SMILES string of the molecule is C1=Nc2ccccc2[O][Al][O]c2ccccc21.CC(=O)C(Cc1c2ccccc2cc2ccccc12)C(C)=O. The molecule has 1 radical (unpaired) electrons. The number of hydrogen-bond acceptors (Lipinski definition) is 5. The molecular formula is C33H27AlNO4. The van der Waals surface area contributed by atoms with Crippen LogP contribution >= 0.6 is 0 Å². The Kier molecular flexibility index (Phi) is 8.17. The summed E-state index contributed by atoms with van der Waals surface area (Å²) in [5, 5.41) is 4.52. The summed E-state index contributed by atoms with van der Waals surface area (Å²) < 4.78 is 11.2. The van der Waals surface area contributed by atoms with E-state index in [-0.39, 0.29) is 11.6 Å². The summed E-state index contributed by atoms with van der Waals surface area (Å²) >= 11 is -0.564. The van der Waals surface area contributed by atoms with E-state index in [4.69, 9.17) is 7.58 Å². The van der Waals surface area contributed by atoms with E-state index in [1.807, 2.05) is 79.0 Å². The average Bonchev–Trinajstić information content (AvgIpc) is 3.04. The lowest BCUT2D eigenvalue weighted by Gasteiger charge is -2.15. The van der Waals surface area contributed by atoms with E-state index >= 15 is 0 Å². The quantitative estimate of drug-likeness (QED) is 0.142. The van der Waals surface area contributed by atoms with Crippen LogP contribution in [-0.4, -0.2) is 33.7 Å². The molecule has 0 saturated heterocycles. The van der Waals surface area contributed by atoms with Gasteiger partial charge in [-0.2, -0.15) is 0 Å². The molecule has 0 spiro atoms. The molecule has 5 nitrogen and oxygen atoms in total. The lowest BCUT2D eigenvalue weighted by molar-refractivity contribution is -0.130. The first-order valence-corrected chi connectivity index (χ1v) is 13.7. The number of Topliss-reactive ketones (excluding diaryl/α,β-unsaturated/α-hetero) is 2. The minimum absolute atomic E-state index is 0.0653. The fourth-order valence-corrected chi connectivity index (χ4v) is 5.40. The predicted octanol–water partition coefficient (Wildman–Crippen LogP) is 7.07. The molecule has 0 amide bonds. The lowest BCUT2D eigenvalue weighted by atomic mass is 9.87. The molecule has 0 N–H and O–H groups in total. The lowest BCUT2D eigenvalue weighted by Crippen LogP contribution is -2.22. The summed E-state index contributed by atoms with van der Waals surface area (Å²) in [5.41, 5.74) is 2.89. The van der Waals surface area contributed by atoms with Gasteiger partial charge in [-0.1, -0.05) is 72.8 Å². The van der Waals surface area contributed by atoms with Gasteiger partial charge in [-0.05, 0) is 77.7 Å². The molecule has 1 aliphatic rings. The molecule has 5 aromatic carbocycles. The Bertz CT molecular complexity index is 1580. The average molecular weight is 529 g/mol.